The van der Waals surface area contributed by atoms with Crippen molar-refractivity contribution >= 4 is 29.3 Å². The molecule has 1 aromatic heterocycles. The van der Waals surface area contributed by atoms with Crippen molar-refractivity contribution in [3.63, 3.8) is 0 Å². The zero-order chi connectivity index (χ0) is 29.3. The molecule has 1 aromatic carbocycles. The minimum absolute atomic E-state index is 0.00115. The lowest BCUT2D eigenvalue weighted by atomic mass is 9.89. The van der Waals surface area contributed by atoms with E-state index in [1.165, 1.54) is 44.5 Å². The summed E-state index contributed by atoms with van der Waals surface area (Å²) >= 11 is 6.00. The number of methoxy groups -OCH3 is 1. The molecule has 0 saturated heterocycles. The van der Waals surface area contributed by atoms with Gasteiger partial charge < -0.3 is 18.9 Å². The van der Waals surface area contributed by atoms with Crippen LogP contribution in [0.5, 0.6) is 17.2 Å². The molecule has 8 nitrogen and oxygen atoms in total. The number of benzene rings is 1. The van der Waals surface area contributed by atoms with Crippen molar-refractivity contribution in [2.75, 3.05) is 7.11 Å². The van der Waals surface area contributed by atoms with Crippen LogP contribution in [-0.2, 0) is 14.3 Å². The van der Waals surface area contributed by atoms with Gasteiger partial charge in [-0.2, -0.15) is 0 Å². The second kappa shape index (κ2) is 14.8. The second-order valence-corrected chi connectivity index (χ2v) is 10.1. The number of ketones is 1. The Labute approximate surface area is 234 Å². The first-order chi connectivity index (χ1) is 18.4. The van der Waals surface area contributed by atoms with Crippen LogP contribution in [0.4, 0.5) is 4.39 Å². The summed E-state index contributed by atoms with van der Waals surface area (Å²) in [5.74, 6) is -3.04. The van der Waals surface area contributed by atoms with Crippen molar-refractivity contribution in [3.05, 3.63) is 47.0 Å². The summed E-state index contributed by atoms with van der Waals surface area (Å²) in [5.41, 5.74) is -0.114. The van der Waals surface area contributed by atoms with E-state index in [1.54, 1.807) is 20.8 Å². The van der Waals surface area contributed by atoms with Gasteiger partial charge in [-0.25, -0.2) is 9.37 Å². The number of nitrogens with zero attached hydrogens (tertiary/aromatic N) is 1. The molecule has 0 unspecified atom stereocenters. The molecule has 214 valence electrons. The first-order valence-corrected chi connectivity index (χ1v) is 13.4. The number of halogens is 2. The molecule has 2 aromatic rings. The Balaban J connectivity index is 2.28. The van der Waals surface area contributed by atoms with Crippen LogP contribution in [0.1, 0.15) is 71.3 Å². The van der Waals surface area contributed by atoms with Gasteiger partial charge in [-0.15, -0.1) is 0 Å². The van der Waals surface area contributed by atoms with Gasteiger partial charge in [0.25, 0.3) is 0 Å². The number of carbonyl (C=O) groups is 3. The number of ether oxygens (including phenoxy) is 4. The van der Waals surface area contributed by atoms with Crippen LogP contribution in [-0.4, -0.2) is 42.0 Å². The fraction of sp³-hybridized carbons (Fsp3) is 0.517. The molecule has 10 heteroatoms. The minimum atomic E-state index is -0.816. The van der Waals surface area contributed by atoms with E-state index < -0.39 is 41.7 Å². The van der Waals surface area contributed by atoms with E-state index in [0.717, 1.165) is 12.8 Å². The third-order valence-corrected chi connectivity index (χ3v) is 6.72. The van der Waals surface area contributed by atoms with Crippen LogP contribution in [0.3, 0.4) is 0 Å². The Kier molecular flexibility index (Phi) is 12.2. The lowest BCUT2D eigenvalue weighted by molar-refractivity contribution is -0.161. The Bertz CT molecular complexity index is 1130. The van der Waals surface area contributed by atoms with Crippen LogP contribution < -0.4 is 14.2 Å². The number of pyridine rings is 1. The molecule has 2 rings (SSSR count). The Morgan fingerprint density at radius 2 is 1.74 bits per heavy atom. The zero-order valence-electron chi connectivity index (χ0n) is 23.5. The van der Waals surface area contributed by atoms with E-state index in [1.807, 2.05) is 13.8 Å². The highest BCUT2D eigenvalue weighted by atomic mass is 35.5. The summed E-state index contributed by atoms with van der Waals surface area (Å²) < 4.78 is 36.3. The van der Waals surface area contributed by atoms with E-state index in [0.29, 0.717) is 0 Å². The number of aromatic nitrogens is 1. The lowest BCUT2D eigenvalue weighted by Crippen LogP contribution is -2.41. The van der Waals surface area contributed by atoms with Crippen molar-refractivity contribution in [1.82, 2.24) is 4.98 Å². The van der Waals surface area contributed by atoms with E-state index in [9.17, 15) is 18.8 Å². The van der Waals surface area contributed by atoms with E-state index in [-0.39, 0.29) is 46.2 Å². The molecule has 0 bridgehead atoms. The molecule has 1 heterocycles. The average molecular weight is 566 g/mol. The van der Waals surface area contributed by atoms with Gasteiger partial charge in [0.15, 0.2) is 17.2 Å². The lowest BCUT2D eigenvalue weighted by Gasteiger charge is -2.32. The molecular weight excluding hydrogens is 529 g/mol. The Hall–Kier alpha value is -3.20. The molecule has 0 aliphatic heterocycles. The SMILES string of the molecule is CCC(CC)[C@@H](Oc1cc(F)cc(Cl)c1)[C@H](C)OC(=O)[C@@H](CC(=O)c1nccc(OC)c1OC(C)=O)C(C)C. The number of esters is 2. The van der Waals surface area contributed by atoms with Gasteiger partial charge in [0.05, 0.1) is 13.0 Å². The zero-order valence-corrected chi connectivity index (χ0v) is 24.2. The van der Waals surface area contributed by atoms with Gasteiger partial charge in [0.1, 0.15) is 23.8 Å². The smallest absolute Gasteiger partial charge is 0.310 e. The second-order valence-electron chi connectivity index (χ2n) is 9.67. The van der Waals surface area contributed by atoms with Crippen molar-refractivity contribution in [3.8, 4) is 17.2 Å². The predicted molar refractivity (Wildman–Crippen MR) is 145 cm³/mol. The average Bonchev–Trinajstić information content (AvgIpc) is 2.86. The minimum Gasteiger partial charge on any atom is -0.493 e. The normalized spacial score (nSPS) is 13.5. The molecule has 0 aliphatic carbocycles. The highest BCUT2D eigenvalue weighted by molar-refractivity contribution is 6.30. The third kappa shape index (κ3) is 8.92. The van der Waals surface area contributed by atoms with Crippen LogP contribution in [0, 0.1) is 23.6 Å². The summed E-state index contributed by atoms with van der Waals surface area (Å²) in [5, 5.41) is 0.190. The van der Waals surface area contributed by atoms with E-state index >= 15 is 0 Å². The summed E-state index contributed by atoms with van der Waals surface area (Å²) in [4.78, 5) is 42.3. The van der Waals surface area contributed by atoms with Gasteiger partial charge in [0, 0.05) is 36.7 Å². The van der Waals surface area contributed by atoms with Crippen LogP contribution in [0.15, 0.2) is 30.5 Å². The number of hydrogen-bond acceptors (Lipinski definition) is 8. The molecule has 39 heavy (non-hydrogen) atoms. The van der Waals surface area contributed by atoms with Crippen LogP contribution >= 0.6 is 11.6 Å². The number of hydrogen-bond donors (Lipinski definition) is 0. The van der Waals surface area contributed by atoms with E-state index in [2.05, 4.69) is 4.98 Å². The topological polar surface area (TPSA) is 101 Å². The summed E-state index contributed by atoms with van der Waals surface area (Å²) in [6, 6.07) is 5.38. The number of Topliss-reactive ketones (excluding diaryl/α,β-unsaturated/α-hetero) is 1. The molecule has 0 spiro atoms. The highest BCUT2D eigenvalue weighted by Gasteiger charge is 2.35. The summed E-state index contributed by atoms with van der Waals surface area (Å²) in [6.07, 6.45) is 1.30. The first-order valence-electron chi connectivity index (χ1n) is 13.0. The molecule has 0 fully saturated rings. The molecule has 0 amide bonds. The van der Waals surface area contributed by atoms with Crippen molar-refractivity contribution in [2.45, 2.75) is 73.0 Å². The Morgan fingerprint density at radius 1 is 1.08 bits per heavy atom. The molecule has 0 saturated carbocycles. The molecule has 0 radical (unpaired) electrons. The Morgan fingerprint density at radius 3 is 2.28 bits per heavy atom. The summed E-state index contributed by atoms with van der Waals surface area (Å²) in [6.45, 7) is 10.5. The maximum absolute atomic E-state index is 13.9. The van der Waals surface area contributed by atoms with Gasteiger partial charge in [-0.1, -0.05) is 39.3 Å². The maximum atomic E-state index is 13.9. The largest absolute Gasteiger partial charge is 0.493 e. The number of rotatable bonds is 14. The third-order valence-electron chi connectivity index (χ3n) is 6.50. The van der Waals surface area contributed by atoms with Crippen molar-refractivity contribution < 1.29 is 37.7 Å². The van der Waals surface area contributed by atoms with Crippen LogP contribution in [0.2, 0.25) is 5.02 Å². The predicted octanol–water partition coefficient (Wildman–Crippen LogP) is 6.47. The molecular formula is C29H37ClFNO7. The molecule has 3 atom stereocenters. The van der Waals surface area contributed by atoms with Crippen molar-refractivity contribution in [1.29, 1.82) is 0 Å². The van der Waals surface area contributed by atoms with E-state index in [4.69, 9.17) is 30.5 Å². The van der Waals surface area contributed by atoms with Gasteiger partial charge in [0.2, 0.25) is 5.75 Å². The van der Waals surface area contributed by atoms with Gasteiger partial charge >= 0.3 is 11.9 Å². The highest BCUT2D eigenvalue weighted by Crippen LogP contribution is 2.33. The standard InChI is InChI=1S/C29H37ClFNO7/c1-8-19(9-2)27(39-22-13-20(30)12-21(31)14-22)17(5)37-29(35)23(16(3)4)15-24(34)26-28(38-18(6)33)25(36-7)10-11-32-26/h10-14,16-17,19,23,27H,8-9,15H2,1-7H3/t17-,23-,27-/m0/s1. The summed E-state index contributed by atoms with van der Waals surface area (Å²) in [7, 11) is 1.38. The fourth-order valence-electron chi connectivity index (χ4n) is 4.34. The fourth-order valence-corrected chi connectivity index (χ4v) is 4.55. The van der Waals surface area contributed by atoms with Crippen molar-refractivity contribution in [2.24, 2.45) is 17.8 Å². The van der Waals surface area contributed by atoms with Crippen LogP contribution in [0.25, 0.3) is 0 Å². The van der Waals surface area contributed by atoms with Gasteiger partial charge in [-0.3, -0.25) is 14.4 Å². The quantitative estimate of drug-likeness (QED) is 0.190. The number of carbonyl (C=O) groups excluding carboxylic acids is 3. The molecule has 0 N–H and O–H groups in total. The first kappa shape index (κ1) is 32.0. The maximum Gasteiger partial charge on any atom is 0.310 e. The monoisotopic (exact) mass is 565 g/mol. The molecule has 0 aliphatic rings. The van der Waals surface area contributed by atoms with Gasteiger partial charge in [-0.05, 0) is 43.7 Å².